The van der Waals surface area contributed by atoms with Gasteiger partial charge >= 0.3 is 5.97 Å². The maximum Gasteiger partial charge on any atom is 0.360 e. The summed E-state index contributed by atoms with van der Waals surface area (Å²) < 4.78 is 6.16. The lowest BCUT2D eigenvalue weighted by molar-refractivity contribution is -0.124. The van der Waals surface area contributed by atoms with Crippen molar-refractivity contribution in [2.45, 2.75) is 39.7 Å². The van der Waals surface area contributed by atoms with Crippen molar-refractivity contribution in [3.8, 4) is 0 Å². The number of carbonyl (C=O) groups is 2. The number of esters is 1. The highest BCUT2D eigenvalue weighted by molar-refractivity contribution is 5.88. The normalized spacial score (nSPS) is 12.0. The van der Waals surface area contributed by atoms with Gasteiger partial charge in [0.2, 0.25) is 5.91 Å². The molecular formula is C12H20N4O3. The minimum absolute atomic E-state index is 0.152. The Balaban J connectivity index is 3.10. The molecule has 1 N–H and O–H groups in total. The second-order valence-corrected chi connectivity index (χ2v) is 4.14. The van der Waals surface area contributed by atoms with Gasteiger partial charge in [-0.25, -0.2) is 9.48 Å². The van der Waals surface area contributed by atoms with Gasteiger partial charge < -0.3 is 10.1 Å². The molecular weight excluding hydrogens is 248 g/mol. The molecule has 0 bridgehead atoms. The van der Waals surface area contributed by atoms with Crippen molar-refractivity contribution in [1.29, 1.82) is 0 Å². The zero-order chi connectivity index (χ0) is 14.4. The van der Waals surface area contributed by atoms with Gasteiger partial charge in [-0.1, -0.05) is 18.6 Å². The van der Waals surface area contributed by atoms with Crippen molar-refractivity contribution in [3.63, 3.8) is 0 Å². The molecule has 1 rings (SSSR count). The van der Waals surface area contributed by atoms with E-state index in [4.69, 9.17) is 0 Å². The number of rotatable bonds is 6. The van der Waals surface area contributed by atoms with E-state index in [0.29, 0.717) is 18.7 Å². The third kappa shape index (κ3) is 3.30. The molecule has 0 saturated heterocycles. The number of methoxy groups -OCH3 is 1. The van der Waals surface area contributed by atoms with E-state index in [2.05, 4.69) is 20.4 Å². The molecule has 7 heteroatoms. The van der Waals surface area contributed by atoms with Crippen LogP contribution in [0.1, 0.15) is 49.4 Å². The summed E-state index contributed by atoms with van der Waals surface area (Å²) in [7, 11) is 1.30. The van der Waals surface area contributed by atoms with Crippen LogP contribution in [0, 0.1) is 0 Å². The molecule has 0 fully saturated rings. The van der Waals surface area contributed by atoms with Gasteiger partial charge in [0.05, 0.1) is 12.8 Å². The van der Waals surface area contributed by atoms with Crippen LogP contribution in [0.25, 0.3) is 0 Å². The fraction of sp³-hybridized carbons (Fsp3) is 0.667. The molecule has 0 aliphatic heterocycles. The Bertz CT molecular complexity index is 456. The van der Waals surface area contributed by atoms with Crippen molar-refractivity contribution in [2.75, 3.05) is 13.7 Å². The van der Waals surface area contributed by atoms with Crippen molar-refractivity contribution in [3.05, 3.63) is 11.4 Å². The number of carbonyl (C=O) groups excluding carboxylic acids is 2. The highest BCUT2D eigenvalue weighted by atomic mass is 16.5. The quantitative estimate of drug-likeness (QED) is 0.768. The maximum atomic E-state index is 11.8. The summed E-state index contributed by atoms with van der Waals surface area (Å²) in [5.74, 6) is -0.682. The Hall–Kier alpha value is -1.92. The highest BCUT2D eigenvalue weighted by Crippen LogP contribution is 2.15. The molecule has 1 aromatic rings. The lowest BCUT2D eigenvalue weighted by Crippen LogP contribution is -2.32. The van der Waals surface area contributed by atoms with E-state index in [1.54, 1.807) is 6.92 Å². The zero-order valence-corrected chi connectivity index (χ0v) is 11.8. The number of nitrogens with zero attached hydrogens (tertiary/aromatic N) is 3. The first-order valence-electron chi connectivity index (χ1n) is 6.36. The van der Waals surface area contributed by atoms with Gasteiger partial charge in [-0.2, -0.15) is 0 Å². The van der Waals surface area contributed by atoms with Crippen molar-refractivity contribution >= 4 is 11.9 Å². The summed E-state index contributed by atoms with van der Waals surface area (Å²) in [5.41, 5.74) is 0.814. The number of hydrogen-bond donors (Lipinski definition) is 1. The predicted molar refractivity (Wildman–Crippen MR) is 68.8 cm³/mol. The van der Waals surface area contributed by atoms with Crippen LogP contribution in [0.5, 0.6) is 0 Å². The van der Waals surface area contributed by atoms with Crippen LogP contribution in [-0.2, 0) is 16.0 Å². The molecule has 106 valence electrons. The minimum atomic E-state index is -0.530. The number of likely N-dealkylation sites (N-methyl/N-ethyl adjacent to an activating group) is 1. The van der Waals surface area contributed by atoms with Gasteiger partial charge in [0, 0.05) is 6.54 Å². The lowest BCUT2D eigenvalue weighted by Gasteiger charge is -2.14. The predicted octanol–water partition coefficient (Wildman–Crippen LogP) is 0.714. The summed E-state index contributed by atoms with van der Waals surface area (Å²) in [5, 5.41) is 10.5. The number of ether oxygens (including phenoxy) is 1. The van der Waals surface area contributed by atoms with E-state index in [-0.39, 0.29) is 11.6 Å². The molecule has 1 atom stereocenters. The van der Waals surface area contributed by atoms with Gasteiger partial charge in [-0.05, 0) is 20.3 Å². The van der Waals surface area contributed by atoms with Crippen LogP contribution in [0.2, 0.25) is 0 Å². The Morgan fingerprint density at radius 2 is 2.11 bits per heavy atom. The van der Waals surface area contributed by atoms with Crippen LogP contribution in [0.15, 0.2) is 0 Å². The summed E-state index contributed by atoms with van der Waals surface area (Å²) in [6.45, 7) is 6.10. The first kappa shape index (κ1) is 15.1. The first-order chi connectivity index (χ1) is 9.06. The number of amides is 1. The van der Waals surface area contributed by atoms with Crippen LogP contribution < -0.4 is 5.32 Å². The molecule has 1 unspecified atom stereocenters. The van der Waals surface area contributed by atoms with Crippen molar-refractivity contribution in [1.82, 2.24) is 20.3 Å². The molecule has 0 aliphatic carbocycles. The smallest absolute Gasteiger partial charge is 0.360 e. The van der Waals surface area contributed by atoms with Gasteiger partial charge in [-0.3, -0.25) is 4.79 Å². The average molecular weight is 268 g/mol. The van der Waals surface area contributed by atoms with Crippen LogP contribution in [0.3, 0.4) is 0 Å². The summed E-state index contributed by atoms with van der Waals surface area (Å²) in [6.07, 6.45) is 1.43. The van der Waals surface area contributed by atoms with Gasteiger partial charge in [0.25, 0.3) is 0 Å². The molecule has 0 radical (unpaired) electrons. The number of hydrogen-bond acceptors (Lipinski definition) is 5. The number of nitrogens with one attached hydrogen (secondary N) is 1. The van der Waals surface area contributed by atoms with E-state index in [9.17, 15) is 9.59 Å². The van der Waals surface area contributed by atoms with Gasteiger partial charge in [0.15, 0.2) is 5.69 Å². The van der Waals surface area contributed by atoms with Crippen LogP contribution in [0.4, 0.5) is 0 Å². The van der Waals surface area contributed by atoms with Crippen molar-refractivity contribution in [2.24, 2.45) is 0 Å². The summed E-state index contributed by atoms with van der Waals surface area (Å²) in [4.78, 5) is 23.4. The average Bonchev–Trinajstić information content (AvgIpc) is 2.81. The molecule has 1 heterocycles. The Morgan fingerprint density at radius 1 is 1.42 bits per heavy atom. The lowest BCUT2D eigenvalue weighted by atomic mass is 10.2. The summed E-state index contributed by atoms with van der Waals surface area (Å²) in [6, 6.07) is -0.507. The molecule has 0 aliphatic rings. The summed E-state index contributed by atoms with van der Waals surface area (Å²) >= 11 is 0. The fourth-order valence-corrected chi connectivity index (χ4v) is 1.78. The SMILES string of the molecule is CCCc1c(C(=O)OC)nnn1C(C)C(=O)NCC. The maximum absolute atomic E-state index is 11.8. The monoisotopic (exact) mass is 268 g/mol. The fourth-order valence-electron chi connectivity index (χ4n) is 1.78. The van der Waals surface area contributed by atoms with E-state index in [1.165, 1.54) is 11.8 Å². The van der Waals surface area contributed by atoms with E-state index >= 15 is 0 Å². The van der Waals surface area contributed by atoms with E-state index in [1.807, 2.05) is 13.8 Å². The molecule has 0 aromatic carbocycles. The zero-order valence-electron chi connectivity index (χ0n) is 11.8. The largest absolute Gasteiger partial charge is 0.464 e. The molecule has 1 amide bonds. The molecule has 0 spiro atoms. The molecule has 1 aromatic heterocycles. The van der Waals surface area contributed by atoms with Crippen LogP contribution in [-0.4, -0.2) is 40.5 Å². The van der Waals surface area contributed by atoms with Gasteiger partial charge in [-0.15, -0.1) is 5.10 Å². The molecule has 0 saturated carbocycles. The Kier molecular flexibility index (Phi) is 5.47. The number of aromatic nitrogens is 3. The van der Waals surface area contributed by atoms with Gasteiger partial charge in [0.1, 0.15) is 6.04 Å². The topological polar surface area (TPSA) is 86.1 Å². The Labute approximate surface area is 112 Å². The Morgan fingerprint density at radius 3 is 2.63 bits per heavy atom. The van der Waals surface area contributed by atoms with E-state index < -0.39 is 12.0 Å². The third-order valence-corrected chi connectivity index (χ3v) is 2.75. The van der Waals surface area contributed by atoms with Crippen molar-refractivity contribution < 1.29 is 14.3 Å². The molecule has 19 heavy (non-hydrogen) atoms. The molecule has 7 nitrogen and oxygen atoms in total. The van der Waals surface area contributed by atoms with Crippen LogP contribution >= 0.6 is 0 Å². The minimum Gasteiger partial charge on any atom is -0.464 e. The highest BCUT2D eigenvalue weighted by Gasteiger charge is 2.25. The third-order valence-electron chi connectivity index (χ3n) is 2.75. The standard InChI is InChI=1S/C12H20N4O3/c1-5-7-9-10(12(18)19-4)14-15-16(9)8(3)11(17)13-6-2/h8H,5-7H2,1-4H3,(H,13,17). The van der Waals surface area contributed by atoms with E-state index in [0.717, 1.165) is 6.42 Å². The second-order valence-electron chi connectivity index (χ2n) is 4.14. The first-order valence-corrected chi connectivity index (χ1v) is 6.36. The second kappa shape index (κ2) is 6.86.